The van der Waals surface area contributed by atoms with Crippen molar-refractivity contribution in [2.45, 2.75) is 18.6 Å². The summed E-state index contributed by atoms with van der Waals surface area (Å²) in [6.45, 7) is 2.47. The molecule has 2 aromatic heterocycles. The zero-order chi connectivity index (χ0) is 18.1. The fourth-order valence-corrected chi connectivity index (χ4v) is 3.17. The van der Waals surface area contributed by atoms with Crippen LogP contribution < -0.4 is 9.64 Å². The van der Waals surface area contributed by atoms with E-state index < -0.39 is 11.9 Å². The van der Waals surface area contributed by atoms with E-state index in [1.807, 2.05) is 4.90 Å². The molecule has 0 spiro atoms. The second kappa shape index (κ2) is 7.43. The van der Waals surface area contributed by atoms with Gasteiger partial charge in [-0.25, -0.2) is 9.37 Å². The molecule has 2 saturated heterocycles. The summed E-state index contributed by atoms with van der Waals surface area (Å²) in [4.78, 5) is 14.3. The van der Waals surface area contributed by atoms with Crippen LogP contribution in [0.1, 0.15) is 6.42 Å². The first-order valence-electron chi connectivity index (χ1n) is 8.38. The monoisotopic (exact) mass is 384 g/mol. The predicted molar refractivity (Wildman–Crippen MR) is 91.2 cm³/mol. The number of hydrogen-bond donors (Lipinski definition) is 1. The maximum Gasteiger partial charge on any atom is 0.319 e. The lowest BCUT2D eigenvalue weighted by atomic mass is 10.2. The van der Waals surface area contributed by atoms with Crippen LogP contribution in [0.2, 0.25) is 5.15 Å². The van der Waals surface area contributed by atoms with E-state index in [1.165, 1.54) is 6.20 Å². The van der Waals surface area contributed by atoms with E-state index in [9.17, 15) is 9.50 Å². The summed E-state index contributed by atoms with van der Waals surface area (Å²) in [6, 6.07) is 0.0452. The van der Waals surface area contributed by atoms with Crippen molar-refractivity contribution >= 4 is 28.3 Å². The fourth-order valence-electron chi connectivity index (χ4n) is 3.03. The third kappa shape index (κ3) is 3.52. The first-order valence-corrected chi connectivity index (χ1v) is 8.76. The van der Waals surface area contributed by atoms with Crippen molar-refractivity contribution in [3.63, 3.8) is 0 Å². The number of nitrogens with zero attached hydrogens (tertiary/aromatic N) is 4. The van der Waals surface area contributed by atoms with Gasteiger partial charge in [-0.15, -0.1) is 0 Å². The lowest BCUT2D eigenvalue weighted by molar-refractivity contribution is 0.0597. The molecule has 2 fully saturated rings. The van der Waals surface area contributed by atoms with E-state index >= 15 is 0 Å². The molecule has 26 heavy (non-hydrogen) atoms. The van der Waals surface area contributed by atoms with Crippen molar-refractivity contribution < 1.29 is 23.7 Å². The van der Waals surface area contributed by atoms with Gasteiger partial charge in [0, 0.05) is 25.7 Å². The Morgan fingerprint density at radius 1 is 1.27 bits per heavy atom. The number of anilines is 1. The maximum absolute atomic E-state index is 14.5. The van der Waals surface area contributed by atoms with Gasteiger partial charge in [-0.3, -0.25) is 0 Å². The number of aliphatic hydroxyl groups is 1. The standard InChI is InChI=1S/C16H18ClFN4O4/c17-14-12(18)13-11(5-19-14)15(22-2-4-25-7-9(23)6-22)21-16(20-13)26-10-1-3-24-8-10/h5,9-10,23H,1-4,6-8H2/t9?,10-/m1/s1. The minimum atomic E-state index is -0.730. The Morgan fingerprint density at radius 2 is 2.12 bits per heavy atom. The molecule has 140 valence electrons. The molecule has 1 N–H and O–H groups in total. The van der Waals surface area contributed by atoms with Gasteiger partial charge in [-0.1, -0.05) is 11.6 Å². The first-order chi connectivity index (χ1) is 12.6. The van der Waals surface area contributed by atoms with Crippen LogP contribution >= 0.6 is 11.6 Å². The first kappa shape index (κ1) is 17.6. The number of rotatable bonds is 3. The molecule has 1 unspecified atom stereocenters. The minimum absolute atomic E-state index is 0.0311. The Labute approximate surface area is 153 Å². The van der Waals surface area contributed by atoms with E-state index in [0.717, 1.165) is 0 Å². The Hall–Kier alpha value is -1.81. The second-order valence-electron chi connectivity index (χ2n) is 6.23. The number of pyridine rings is 1. The highest BCUT2D eigenvalue weighted by Crippen LogP contribution is 2.30. The molecular weight excluding hydrogens is 367 g/mol. The van der Waals surface area contributed by atoms with Gasteiger partial charge < -0.3 is 24.2 Å². The molecule has 0 saturated carbocycles. The highest BCUT2D eigenvalue weighted by molar-refractivity contribution is 6.30. The Balaban J connectivity index is 1.79. The average molecular weight is 385 g/mol. The van der Waals surface area contributed by atoms with Gasteiger partial charge >= 0.3 is 6.01 Å². The largest absolute Gasteiger partial charge is 0.458 e. The van der Waals surface area contributed by atoms with Gasteiger partial charge in [0.15, 0.2) is 11.0 Å². The van der Waals surface area contributed by atoms with Crippen LogP contribution in [0.25, 0.3) is 10.9 Å². The number of aliphatic hydroxyl groups excluding tert-OH is 1. The van der Waals surface area contributed by atoms with Crippen molar-refractivity contribution in [1.29, 1.82) is 0 Å². The van der Waals surface area contributed by atoms with Gasteiger partial charge in [0.05, 0.1) is 37.9 Å². The summed E-state index contributed by atoms with van der Waals surface area (Å²) < 4.78 is 31.0. The molecule has 0 aromatic carbocycles. The van der Waals surface area contributed by atoms with Crippen LogP contribution in [0.15, 0.2) is 6.20 Å². The van der Waals surface area contributed by atoms with Crippen LogP contribution in [-0.2, 0) is 9.47 Å². The van der Waals surface area contributed by atoms with Crippen LogP contribution in [0.5, 0.6) is 6.01 Å². The third-order valence-corrected chi connectivity index (χ3v) is 4.57. The maximum atomic E-state index is 14.5. The van der Waals surface area contributed by atoms with E-state index in [2.05, 4.69) is 15.0 Å². The summed E-state index contributed by atoms with van der Waals surface area (Å²) in [6.07, 6.45) is 1.28. The quantitative estimate of drug-likeness (QED) is 0.789. The van der Waals surface area contributed by atoms with Crippen molar-refractivity contribution in [3.05, 3.63) is 17.2 Å². The topological polar surface area (TPSA) is 89.8 Å². The minimum Gasteiger partial charge on any atom is -0.458 e. The van der Waals surface area contributed by atoms with Crippen LogP contribution in [0.4, 0.5) is 10.2 Å². The summed E-state index contributed by atoms with van der Waals surface area (Å²) in [5.41, 5.74) is 0.0311. The highest BCUT2D eigenvalue weighted by Gasteiger charge is 2.25. The second-order valence-corrected chi connectivity index (χ2v) is 6.59. The summed E-state index contributed by atoms with van der Waals surface area (Å²) in [5, 5.41) is 10.2. The van der Waals surface area contributed by atoms with Crippen molar-refractivity contribution in [3.8, 4) is 6.01 Å². The lowest BCUT2D eigenvalue weighted by Gasteiger charge is -2.24. The van der Waals surface area contributed by atoms with Gasteiger partial charge in [0.1, 0.15) is 17.4 Å². The molecule has 4 heterocycles. The molecule has 2 atom stereocenters. The summed E-state index contributed by atoms with van der Waals surface area (Å²) in [7, 11) is 0. The fraction of sp³-hybridized carbons (Fsp3) is 0.562. The molecular formula is C16H18ClFN4O4. The molecule has 0 radical (unpaired) electrons. The smallest absolute Gasteiger partial charge is 0.319 e. The number of fused-ring (bicyclic) bond motifs is 1. The number of aromatic nitrogens is 3. The zero-order valence-electron chi connectivity index (χ0n) is 13.9. The summed E-state index contributed by atoms with van der Waals surface area (Å²) >= 11 is 5.82. The molecule has 2 aliphatic heterocycles. The molecule has 8 nitrogen and oxygen atoms in total. The number of halogens is 2. The molecule has 2 aliphatic rings. The highest BCUT2D eigenvalue weighted by atomic mass is 35.5. The van der Waals surface area contributed by atoms with Gasteiger partial charge in [-0.2, -0.15) is 9.97 Å². The van der Waals surface area contributed by atoms with E-state index in [0.29, 0.717) is 50.5 Å². The van der Waals surface area contributed by atoms with Gasteiger partial charge in [0.2, 0.25) is 0 Å². The Kier molecular flexibility index (Phi) is 5.03. The number of β-amino-alcohol motifs (C(OH)–C–C–N with tert-alkyl or cyclic N) is 1. The molecule has 10 heteroatoms. The van der Waals surface area contributed by atoms with Crippen molar-refractivity contribution in [1.82, 2.24) is 15.0 Å². The van der Waals surface area contributed by atoms with Crippen LogP contribution in [-0.4, -0.2) is 71.8 Å². The SMILES string of the molecule is OC1COCCN(c2nc(O[C@@H]3CCOC3)nc3c(F)c(Cl)ncc23)C1. The molecule has 0 bridgehead atoms. The normalized spacial score (nSPS) is 24.0. The van der Waals surface area contributed by atoms with E-state index in [-0.39, 0.29) is 29.4 Å². The summed E-state index contributed by atoms with van der Waals surface area (Å²) in [5.74, 6) is -0.302. The zero-order valence-corrected chi connectivity index (χ0v) is 14.7. The molecule has 4 rings (SSSR count). The van der Waals surface area contributed by atoms with E-state index in [1.54, 1.807) is 0 Å². The van der Waals surface area contributed by atoms with Crippen LogP contribution in [0.3, 0.4) is 0 Å². The van der Waals surface area contributed by atoms with Gasteiger partial charge in [0.25, 0.3) is 0 Å². The Bertz CT molecular complexity index is 805. The molecule has 0 aliphatic carbocycles. The number of ether oxygens (including phenoxy) is 3. The van der Waals surface area contributed by atoms with Crippen molar-refractivity contribution in [2.75, 3.05) is 44.4 Å². The average Bonchev–Trinajstić information content (AvgIpc) is 3.04. The third-order valence-electron chi connectivity index (χ3n) is 4.31. The number of hydrogen-bond acceptors (Lipinski definition) is 8. The van der Waals surface area contributed by atoms with Crippen LogP contribution in [0, 0.1) is 5.82 Å². The molecule has 0 amide bonds. The lowest BCUT2D eigenvalue weighted by Crippen LogP contribution is -2.33. The molecule has 2 aromatic rings. The Morgan fingerprint density at radius 3 is 2.92 bits per heavy atom. The van der Waals surface area contributed by atoms with Gasteiger partial charge in [-0.05, 0) is 0 Å². The predicted octanol–water partition coefficient (Wildman–Crippen LogP) is 1.18. The van der Waals surface area contributed by atoms with E-state index in [4.69, 9.17) is 25.8 Å². The van der Waals surface area contributed by atoms with Crippen molar-refractivity contribution in [2.24, 2.45) is 0 Å².